The largest absolute Gasteiger partial charge is 0.380 e. The average Bonchev–Trinajstić information content (AvgIpc) is 2.72. The van der Waals surface area contributed by atoms with Gasteiger partial charge in [-0.1, -0.05) is 0 Å². The number of amides is 1. The molecule has 2 heterocycles. The maximum Gasteiger partial charge on any atom is 0.225 e. The molecule has 2 rings (SSSR count). The van der Waals surface area contributed by atoms with Gasteiger partial charge in [0.2, 0.25) is 11.9 Å². The lowest BCUT2D eigenvalue weighted by atomic mass is 10.3. The van der Waals surface area contributed by atoms with Crippen molar-refractivity contribution in [3.05, 3.63) is 18.5 Å². The quantitative estimate of drug-likeness (QED) is 0.221. The van der Waals surface area contributed by atoms with Crippen molar-refractivity contribution in [1.82, 2.24) is 25.5 Å². The van der Waals surface area contributed by atoms with Crippen molar-refractivity contribution < 1.29 is 9.53 Å². The highest BCUT2D eigenvalue weighted by Gasteiger charge is 2.22. The van der Waals surface area contributed by atoms with E-state index in [4.69, 9.17) is 4.74 Å². The molecule has 0 radical (unpaired) electrons. The molecule has 28 heavy (non-hydrogen) atoms. The van der Waals surface area contributed by atoms with E-state index in [-0.39, 0.29) is 29.9 Å². The van der Waals surface area contributed by atoms with Gasteiger partial charge in [0.15, 0.2) is 5.96 Å². The first-order valence-electron chi connectivity index (χ1n) is 9.64. The van der Waals surface area contributed by atoms with Gasteiger partial charge < -0.3 is 25.2 Å². The number of carbonyl (C=O) groups is 1. The van der Waals surface area contributed by atoms with E-state index in [1.54, 1.807) is 18.5 Å². The van der Waals surface area contributed by atoms with Crippen LogP contribution in [0.3, 0.4) is 0 Å². The number of aromatic nitrogens is 2. The topological polar surface area (TPSA) is 95.0 Å². The molecular formula is C18H32IN7O2. The molecule has 0 bridgehead atoms. The van der Waals surface area contributed by atoms with Crippen LogP contribution in [0.5, 0.6) is 0 Å². The van der Waals surface area contributed by atoms with Crippen LogP contribution in [0, 0.1) is 0 Å². The van der Waals surface area contributed by atoms with E-state index in [0.717, 1.165) is 31.5 Å². The highest BCUT2D eigenvalue weighted by molar-refractivity contribution is 14.0. The van der Waals surface area contributed by atoms with Crippen LogP contribution < -0.4 is 15.5 Å². The van der Waals surface area contributed by atoms with E-state index in [1.165, 1.54) is 0 Å². The first kappa shape index (κ1) is 24.3. The van der Waals surface area contributed by atoms with Crippen LogP contribution in [0.4, 0.5) is 5.95 Å². The molecule has 0 aliphatic carbocycles. The summed E-state index contributed by atoms with van der Waals surface area (Å²) in [5.74, 6) is 1.60. The number of piperazine rings is 1. The Morgan fingerprint density at radius 3 is 2.54 bits per heavy atom. The minimum absolute atomic E-state index is 0. The maximum atomic E-state index is 12.4. The fourth-order valence-corrected chi connectivity index (χ4v) is 2.76. The molecule has 2 N–H and O–H groups in total. The van der Waals surface area contributed by atoms with Crippen molar-refractivity contribution in [2.45, 2.75) is 20.3 Å². The van der Waals surface area contributed by atoms with Crippen LogP contribution in [0.1, 0.15) is 20.3 Å². The summed E-state index contributed by atoms with van der Waals surface area (Å²) in [4.78, 5) is 29.4. The van der Waals surface area contributed by atoms with Gasteiger partial charge in [-0.3, -0.25) is 9.79 Å². The summed E-state index contributed by atoms with van der Waals surface area (Å²) < 4.78 is 5.29. The molecule has 158 valence electrons. The zero-order valence-electron chi connectivity index (χ0n) is 16.8. The van der Waals surface area contributed by atoms with Gasteiger partial charge in [0.1, 0.15) is 0 Å². The molecule has 1 aromatic heterocycles. The number of anilines is 1. The third-order valence-corrected chi connectivity index (χ3v) is 4.15. The minimum Gasteiger partial charge on any atom is -0.380 e. The lowest BCUT2D eigenvalue weighted by Gasteiger charge is -2.34. The molecule has 1 aliphatic rings. The number of guanidine groups is 1. The number of rotatable bonds is 9. The van der Waals surface area contributed by atoms with Crippen LogP contribution in [0.15, 0.2) is 23.5 Å². The molecule has 0 aromatic carbocycles. The van der Waals surface area contributed by atoms with Gasteiger partial charge >= 0.3 is 0 Å². The molecule has 10 heteroatoms. The Labute approximate surface area is 184 Å². The average molecular weight is 505 g/mol. The van der Waals surface area contributed by atoms with Crippen molar-refractivity contribution >= 4 is 41.8 Å². The Hall–Kier alpha value is -1.69. The highest BCUT2D eigenvalue weighted by atomic mass is 127. The number of aliphatic imine (C=N–C) groups is 1. The molecule has 1 fully saturated rings. The summed E-state index contributed by atoms with van der Waals surface area (Å²) in [7, 11) is 0. The predicted octanol–water partition coefficient (Wildman–Crippen LogP) is 0.725. The third kappa shape index (κ3) is 8.55. The van der Waals surface area contributed by atoms with E-state index in [0.29, 0.717) is 45.8 Å². The third-order valence-electron chi connectivity index (χ3n) is 4.15. The molecule has 1 aromatic rings. The van der Waals surface area contributed by atoms with Gasteiger partial charge in [-0.2, -0.15) is 0 Å². The van der Waals surface area contributed by atoms with Crippen molar-refractivity contribution in [3.63, 3.8) is 0 Å². The number of nitrogens with zero attached hydrogens (tertiary/aromatic N) is 5. The smallest absolute Gasteiger partial charge is 0.225 e. The van der Waals surface area contributed by atoms with Crippen molar-refractivity contribution in [2.24, 2.45) is 4.99 Å². The molecule has 0 unspecified atom stereocenters. The second kappa shape index (κ2) is 14.3. The Bertz CT molecular complexity index is 581. The fraction of sp³-hybridized carbons (Fsp3) is 0.667. The SMILES string of the molecule is CCNC(=NCCOCC)NCCC(=O)N1CCN(c2ncccn2)CC1.I. The lowest BCUT2D eigenvalue weighted by Crippen LogP contribution is -2.50. The fourth-order valence-electron chi connectivity index (χ4n) is 2.76. The Morgan fingerprint density at radius 1 is 1.18 bits per heavy atom. The second-order valence-electron chi connectivity index (χ2n) is 6.05. The van der Waals surface area contributed by atoms with E-state index in [9.17, 15) is 4.79 Å². The summed E-state index contributed by atoms with van der Waals surface area (Å²) in [5.41, 5.74) is 0. The van der Waals surface area contributed by atoms with E-state index >= 15 is 0 Å². The molecule has 1 saturated heterocycles. The first-order chi connectivity index (χ1) is 13.2. The second-order valence-corrected chi connectivity index (χ2v) is 6.05. The lowest BCUT2D eigenvalue weighted by molar-refractivity contribution is -0.131. The summed E-state index contributed by atoms with van der Waals surface area (Å²) in [6.45, 7) is 10.1. The standard InChI is InChI=1S/C18H31N7O2.HI/c1-3-19-17(21-10-15-27-4-2)20-9-6-16(26)24-11-13-25(14-12-24)18-22-7-5-8-23-18;/h5,7-8H,3-4,6,9-15H2,1-2H3,(H2,19,20,21);1H. The molecule has 1 aliphatic heterocycles. The van der Waals surface area contributed by atoms with Crippen LogP contribution in [0.2, 0.25) is 0 Å². The summed E-state index contributed by atoms with van der Waals surface area (Å²) in [6, 6.07) is 1.80. The van der Waals surface area contributed by atoms with Crippen LogP contribution >= 0.6 is 24.0 Å². The van der Waals surface area contributed by atoms with Gasteiger partial charge in [-0.15, -0.1) is 24.0 Å². The zero-order chi connectivity index (χ0) is 19.3. The zero-order valence-corrected chi connectivity index (χ0v) is 19.1. The number of nitrogens with one attached hydrogen (secondary N) is 2. The Morgan fingerprint density at radius 2 is 1.89 bits per heavy atom. The first-order valence-corrected chi connectivity index (χ1v) is 9.64. The summed E-state index contributed by atoms with van der Waals surface area (Å²) in [6.07, 6.45) is 3.92. The molecule has 1 amide bonds. The normalized spacial score (nSPS) is 14.4. The van der Waals surface area contributed by atoms with Gasteiger partial charge in [0.25, 0.3) is 0 Å². The van der Waals surface area contributed by atoms with Gasteiger partial charge in [0, 0.05) is 64.7 Å². The minimum atomic E-state index is 0. The van der Waals surface area contributed by atoms with Crippen molar-refractivity contribution in [2.75, 3.05) is 63.9 Å². The Kier molecular flexibility index (Phi) is 12.5. The number of hydrogen-bond acceptors (Lipinski definition) is 6. The Balaban J connectivity index is 0.00000392. The summed E-state index contributed by atoms with van der Waals surface area (Å²) >= 11 is 0. The molecule has 0 spiro atoms. The molecule has 9 nitrogen and oxygen atoms in total. The summed E-state index contributed by atoms with van der Waals surface area (Å²) in [5, 5.41) is 6.38. The number of hydrogen-bond donors (Lipinski definition) is 2. The molecular weight excluding hydrogens is 473 g/mol. The van der Waals surface area contributed by atoms with Crippen LogP contribution in [-0.2, 0) is 9.53 Å². The van der Waals surface area contributed by atoms with E-state index in [2.05, 4.69) is 30.5 Å². The maximum absolute atomic E-state index is 12.4. The highest BCUT2D eigenvalue weighted by Crippen LogP contribution is 2.10. The monoisotopic (exact) mass is 505 g/mol. The molecule has 0 saturated carbocycles. The van der Waals surface area contributed by atoms with Crippen LogP contribution in [0.25, 0.3) is 0 Å². The van der Waals surface area contributed by atoms with E-state index in [1.807, 2.05) is 18.7 Å². The number of ether oxygens (including phenoxy) is 1. The predicted molar refractivity (Wildman–Crippen MR) is 121 cm³/mol. The number of carbonyl (C=O) groups excluding carboxylic acids is 1. The van der Waals surface area contributed by atoms with Crippen LogP contribution in [-0.4, -0.2) is 85.8 Å². The number of halogens is 1. The van der Waals surface area contributed by atoms with Gasteiger partial charge in [-0.05, 0) is 19.9 Å². The van der Waals surface area contributed by atoms with Gasteiger partial charge in [-0.25, -0.2) is 9.97 Å². The van der Waals surface area contributed by atoms with Crippen molar-refractivity contribution in [3.8, 4) is 0 Å². The van der Waals surface area contributed by atoms with Gasteiger partial charge in [0.05, 0.1) is 13.2 Å². The van der Waals surface area contributed by atoms with Crippen molar-refractivity contribution in [1.29, 1.82) is 0 Å². The van der Waals surface area contributed by atoms with E-state index < -0.39 is 0 Å². The molecule has 0 atom stereocenters.